The first-order chi connectivity index (χ1) is 8.31. The van der Waals surface area contributed by atoms with Gasteiger partial charge in [-0.25, -0.2) is 0 Å². The van der Waals surface area contributed by atoms with Gasteiger partial charge in [0, 0.05) is 18.4 Å². The molecule has 6 heteroatoms. The molecule has 0 amide bonds. The van der Waals surface area contributed by atoms with Crippen LogP contribution in [0.1, 0.15) is 39.0 Å². The lowest BCUT2D eigenvalue weighted by atomic mass is 9.74. The fourth-order valence-corrected chi connectivity index (χ4v) is 1.98. The van der Waals surface area contributed by atoms with Gasteiger partial charge < -0.3 is 30.6 Å². The summed E-state index contributed by atoms with van der Waals surface area (Å²) in [5.41, 5.74) is -0.705. The van der Waals surface area contributed by atoms with Crippen LogP contribution in [0.15, 0.2) is 0 Å². The molecule has 0 bridgehead atoms. The van der Waals surface area contributed by atoms with Crippen molar-refractivity contribution in [3.8, 4) is 0 Å². The molecule has 0 aliphatic heterocycles. The van der Waals surface area contributed by atoms with Crippen LogP contribution in [-0.2, 0) is 0 Å². The molecule has 0 fully saturated rings. The van der Waals surface area contributed by atoms with E-state index in [4.69, 9.17) is 20.4 Å². The minimum atomic E-state index is -2.62. The minimum Gasteiger partial charge on any atom is -0.396 e. The van der Waals surface area contributed by atoms with E-state index in [0.29, 0.717) is 25.7 Å². The van der Waals surface area contributed by atoms with Crippen LogP contribution in [0.5, 0.6) is 0 Å². The zero-order valence-corrected chi connectivity index (χ0v) is 10.9. The number of unbranched alkanes of at least 4 members (excludes halogenated alkanes) is 2. The van der Waals surface area contributed by atoms with Crippen molar-refractivity contribution in [1.82, 2.24) is 0 Å². The number of hydrogen-bond donors (Lipinski definition) is 6. The maximum absolute atomic E-state index is 9.37. The predicted molar refractivity (Wildman–Crippen MR) is 65.3 cm³/mol. The Morgan fingerprint density at radius 1 is 0.833 bits per heavy atom. The first kappa shape index (κ1) is 17.8. The summed E-state index contributed by atoms with van der Waals surface area (Å²) in [6.45, 7) is 1.27. The fraction of sp³-hybridized carbons (Fsp3) is 1.00. The van der Waals surface area contributed by atoms with E-state index in [0.717, 1.165) is 0 Å². The first-order valence-electron chi connectivity index (χ1n) is 6.31. The normalized spacial score (nSPS) is 14.8. The van der Waals surface area contributed by atoms with Crippen LogP contribution in [0.4, 0.5) is 0 Å². The second kappa shape index (κ2) is 8.04. The van der Waals surface area contributed by atoms with Crippen molar-refractivity contribution in [3.63, 3.8) is 0 Å². The molecule has 0 spiro atoms. The molecule has 1 unspecified atom stereocenters. The molecule has 0 aromatic heterocycles. The molecule has 0 saturated carbocycles. The smallest absolute Gasteiger partial charge is 0.275 e. The standard InChI is InChI=1S/C12H26O6/c1-10(7-13)11(8-14,9-15)5-3-2-4-6-12(16,17)18/h10,13-18H,2-9H2,1H3. The number of rotatable bonds is 10. The Labute approximate surface area is 108 Å². The Morgan fingerprint density at radius 2 is 1.33 bits per heavy atom. The van der Waals surface area contributed by atoms with E-state index in [1.54, 1.807) is 6.92 Å². The monoisotopic (exact) mass is 266 g/mol. The highest BCUT2D eigenvalue weighted by Gasteiger charge is 2.34. The van der Waals surface area contributed by atoms with Gasteiger partial charge in [0.1, 0.15) is 0 Å². The van der Waals surface area contributed by atoms with Crippen molar-refractivity contribution in [3.05, 3.63) is 0 Å². The highest BCUT2D eigenvalue weighted by Crippen LogP contribution is 2.33. The summed E-state index contributed by atoms with van der Waals surface area (Å²) in [5, 5.41) is 53.9. The molecule has 0 aliphatic carbocycles. The predicted octanol–water partition coefficient (Wildman–Crippen LogP) is -0.833. The molecule has 6 N–H and O–H groups in total. The maximum Gasteiger partial charge on any atom is 0.275 e. The molecule has 0 rings (SSSR count). The third-order valence-electron chi connectivity index (χ3n) is 3.64. The van der Waals surface area contributed by atoms with Crippen LogP contribution < -0.4 is 0 Å². The van der Waals surface area contributed by atoms with E-state index >= 15 is 0 Å². The quantitative estimate of drug-likeness (QED) is 0.227. The Bertz CT molecular complexity index is 209. The summed E-state index contributed by atoms with van der Waals surface area (Å²) in [6, 6.07) is 0. The van der Waals surface area contributed by atoms with Gasteiger partial charge in [-0.3, -0.25) is 0 Å². The van der Waals surface area contributed by atoms with Crippen molar-refractivity contribution in [2.24, 2.45) is 11.3 Å². The van der Waals surface area contributed by atoms with Gasteiger partial charge in [-0.15, -0.1) is 0 Å². The van der Waals surface area contributed by atoms with Crippen LogP contribution in [0, 0.1) is 11.3 Å². The zero-order valence-electron chi connectivity index (χ0n) is 10.9. The SMILES string of the molecule is CC(CO)C(CO)(CO)CCCCCC(O)(O)O. The van der Waals surface area contributed by atoms with Crippen LogP contribution in [0.2, 0.25) is 0 Å². The van der Waals surface area contributed by atoms with Gasteiger partial charge in [0.2, 0.25) is 0 Å². The lowest BCUT2D eigenvalue weighted by Gasteiger charge is -2.35. The van der Waals surface area contributed by atoms with Crippen molar-refractivity contribution >= 4 is 0 Å². The molecule has 0 aliphatic rings. The lowest BCUT2D eigenvalue weighted by molar-refractivity contribution is -0.315. The van der Waals surface area contributed by atoms with Gasteiger partial charge in [0.15, 0.2) is 0 Å². The van der Waals surface area contributed by atoms with E-state index in [2.05, 4.69) is 0 Å². The van der Waals surface area contributed by atoms with E-state index in [9.17, 15) is 10.2 Å². The Balaban J connectivity index is 4.06. The van der Waals surface area contributed by atoms with E-state index in [1.807, 2.05) is 0 Å². The van der Waals surface area contributed by atoms with Gasteiger partial charge in [0.25, 0.3) is 5.97 Å². The van der Waals surface area contributed by atoms with Gasteiger partial charge in [-0.2, -0.15) is 0 Å². The fourth-order valence-electron chi connectivity index (χ4n) is 1.98. The minimum absolute atomic E-state index is 0.103. The van der Waals surface area contributed by atoms with Gasteiger partial charge in [-0.05, 0) is 18.8 Å². The highest BCUT2D eigenvalue weighted by molar-refractivity contribution is 4.83. The Morgan fingerprint density at radius 3 is 1.72 bits per heavy atom. The molecule has 1 atom stereocenters. The molecule has 110 valence electrons. The van der Waals surface area contributed by atoms with Crippen molar-refractivity contribution in [1.29, 1.82) is 0 Å². The number of aliphatic hydroxyl groups excluding tert-OH is 3. The Hall–Kier alpha value is -0.240. The number of hydrogen-bond acceptors (Lipinski definition) is 6. The number of aliphatic hydroxyl groups is 6. The molecule has 0 saturated heterocycles. The largest absolute Gasteiger partial charge is 0.396 e. The van der Waals surface area contributed by atoms with Crippen LogP contribution >= 0.6 is 0 Å². The summed E-state index contributed by atoms with van der Waals surface area (Å²) in [5.74, 6) is -2.83. The van der Waals surface area contributed by atoms with Gasteiger partial charge in [-0.1, -0.05) is 19.8 Å². The third kappa shape index (κ3) is 6.08. The molecule has 0 aromatic carbocycles. The van der Waals surface area contributed by atoms with Crippen LogP contribution in [0.3, 0.4) is 0 Å². The summed E-state index contributed by atoms with van der Waals surface area (Å²) >= 11 is 0. The van der Waals surface area contributed by atoms with Crippen molar-refractivity contribution < 1.29 is 30.6 Å². The van der Waals surface area contributed by atoms with Crippen LogP contribution in [0.25, 0.3) is 0 Å². The molecule has 18 heavy (non-hydrogen) atoms. The second-order valence-corrected chi connectivity index (χ2v) is 5.10. The lowest BCUT2D eigenvalue weighted by Crippen LogP contribution is -2.38. The molecule has 0 aromatic rings. The average molecular weight is 266 g/mol. The molecule has 0 radical (unpaired) electrons. The highest BCUT2D eigenvalue weighted by atomic mass is 16.7. The van der Waals surface area contributed by atoms with E-state index in [-0.39, 0.29) is 32.2 Å². The first-order valence-corrected chi connectivity index (χ1v) is 6.31. The second-order valence-electron chi connectivity index (χ2n) is 5.10. The third-order valence-corrected chi connectivity index (χ3v) is 3.64. The van der Waals surface area contributed by atoms with Gasteiger partial charge in [0.05, 0.1) is 13.2 Å². The summed E-state index contributed by atoms with van der Waals surface area (Å²) < 4.78 is 0. The summed E-state index contributed by atoms with van der Waals surface area (Å²) in [6.07, 6.45) is 2.15. The van der Waals surface area contributed by atoms with Gasteiger partial charge >= 0.3 is 0 Å². The van der Waals surface area contributed by atoms with Crippen LogP contribution in [-0.4, -0.2) is 56.4 Å². The molecule has 6 nitrogen and oxygen atoms in total. The Kier molecular flexibility index (Phi) is 7.93. The van der Waals surface area contributed by atoms with E-state index in [1.165, 1.54) is 0 Å². The zero-order chi connectivity index (χ0) is 14.2. The molecule has 0 heterocycles. The molecular weight excluding hydrogens is 240 g/mol. The van der Waals surface area contributed by atoms with Crippen molar-refractivity contribution in [2.45, 2.75) is 45.0 Å². The average Bonchev–Trinajstić information content (AvgIpc) is 2.32. The maximum atomic E-state index is 9.37. The summed E-state index contributed by atoms with van der Waals surface area (Å²) in [4.78, 5) is 0. The summed E-state index contributed by atoms with van der Waals surface area (Å²) in [7, 11) is 0. The molecular formula is C12H26O6. The van der Waals surface area contributed by atoms with E-state index < -0.39 is 11.4 Å². The topological polar surface area (TPSA) is 121 Å². The van der Waals surface area contributed by atoms with Crippen molar-refractivity contribution in [2.75, 3.05) is 19.8 Å².